The molecule has 0 aliphatic rings. The minimum Gasteiger partial charge on any atom is -0.366 e. The van der Waals surface area contributed by atoms with Gasteiger partial charge in [0.2, 0.25) is 0 Å². The van der Waals surface area contributed by atoms with Gasteiger partial charge in [0.15, 0.2) is 0 Å². The molecule has 0 aliphatic heterocycles. The lowest BCUT2D eigenvalue weighted by molar-refractivity contribution is -0.385. The molecule has 2 aromatic rings. The van der Waals surface area contributed by atoms with Crippen LogP contribution in [-0.4, -0.2) is 20.6 Å². The standard InChI is InChI=1S/C11H7N5O3/c12-4-7-1-2-9(3-10(7)16(18)19)15-6-8(5-14-15)11(13)17/h1-3,5-6H,(H2,13,17). The van der Waals surface area contributed by atoms with Crippen LogP contribution in [0.4, 0.5) is 5.69 Å². The van der Waals surface area contributed by atoms with E-state index in [4.69, 9.17) is 11.0 Å². The first-order valence-electron chi connectivity index (χ1n) is 5.06. The third-order valence-corrected chi connectivity index (χ3v) is 2.43. The van der Waals surface area contributed by atoms with Crippen molar-refractivity contribution in [3.63, 3.8) is 0 Å². The summed E-state index contributed by atoms with van der Waals surface area (Å²) in [5, 5.41) is 23.5. The molecule has 1 heterocycles. The number of hydrogen-bond acceptors (Lipinski definition) is 5. The topological polar surface area (TPSA) is 128 Å². The minimum atomic E-state index is -0.652. The molecule has 0 aliphatic carbocycles. The number of nitriles is 1. The first-order chi connectivity index (χ1) is 9.02. The maximum Gasteiger partial charge on any atom is 0.289 e. The molecular weight excluding hydrogens is 250 g/mol. The molecule has 2 rings (SSSR count). The summed E-state index contributed by atoms with van der Waals surface area (Å²) in [6.07, 6.45) is 2.61. The molecule has 0 bridgehead atoms. The molecule has 2 N–H and O–H groups in total. The summed E-state index contributed by atoms with van der Waals surface area (Å²) in [5.41, 5.74) is 5.26. The van der Waals surface area contributed by atoms with Crippen LogP contribution in [-0.2, 0) is 0 Å². The van der Waals surface area contributed by atoms with Crippen molar-refractivity contribution in [3.8, 4) is 11.8 Å². The Hall–Kier alpha value is -3.21. The van der Waals surface area contributed by atoms with Crippen LogP contribution in [0.15, 0.2) is 30.6 Å². The highest BCUT2D eigenvalue weighted by Gasteiger charge is 2.15. The van der Waals surface area contributed by atoms with E-state index in [0.29, 0.717) is 5.69 Å². The van der Waals surface area contributed by atoms with Crippen LogP contribution in [0.5, 0.6) is 0 Å². The maximum atomic E-state index is 10.9. The van der Waals surface area contributed by atoms with Gasteiger partial charge < -0.3 is 5.73 Å². The summed E-state index contributed by atoms with van der Waals surface area (Å²) in [6.45, 7) is 0. The number of nitrogens with zero attached hydrogens (tertiary/aromatic N) is 4. The van der Waals surface area contributed by atoms with Crippen LogP contribution < -0.4 is 5.73 Å². The van der Waals surface area contributed by atoms with Gasteiger partial charge in [-0.1, -0.05) is 0 Å². The number of aromatic nitrogens is 2. The van der Waals surface area contributed by atoms with Crippen LogP contribution in [0.3, 0.4) is 0 Å². The van der Waals surface area contributed by atoms with Crippen LogP contribution in [0, 0.1) is 21.4 Å². The van der Waals surface area contributed by atoms with Crippen molar-refractivity contribution in [2.45, 2.75) is 0 Å². The van der Waals surface area contributed by atoms with Gasteiger partial charge in [0.05, 0.1) is 22.4 Å². The SMILES string of the molecule is N#Cc1ccc(-n2cc(C(N)=O)cn2)cc1[N+](=O)[O-]. The number of rotatable bonds is 3. The van der Waals surface area contributed by atoms with Crippen molar-refractivity contribution in [1.82, 2.24) is 9.78 Å². The lowest BCUT2D eigenvalue weighted by Crippen LogP contribution is -2.09. The first kappa shape index (κ1) is 12.3. The lowest BCUT2D eigenvalue weighted by Gasteiger charge is -2.01. The Balaban J connectivity index is 2.51. The highest BCUT2D eigenvalue weighted by Crippen LogP contribution is 2.21. The molecular formula is C11H7N5O3. The molecule has 94 valence electrons. The van der Waals surface area contributed by atoms with Gasteiger partial charge in [-0.2, -0.15) is 10.4 Å². The van der Waals surface area contributed by atoms with E-state index in [1.165, 1.54) is 35.3 Å². The van der Waals surface area contributed by atoms with E-state index in [0.717, 1.165) is 0 Å². The van der Waals surface area contributed by atoms with Crippen LogP contribution >= 0.6 is 0 Å². The fourth-order valence-electron chi connectivity index (χ4n) is 1.50. The zero-order valence-electron chi connectivity index (χ0n) is 9.48. The number of primary amides is 1. The fourth-order valence-corrected chi connectivity index (χ4v) is 1.50. The average Bonchev–Trinajstić information content (AvgIpc) is 2.87. The number of benzene rings is 1. The lowest BCUT2D eigenvalue weighted by atomic mass is 10.2. The second-order valence-electron chi connectivity index (χ2n) is 3.61. The van der Waals surface area contributed by atoms with Crippen molar-refractivity contribution in [1.29, 1.82) is 5.26 Å². The number of nitro benzene ring substituents is 1. The first-order valence-corrected chi connectivity index (χ1v) is 5.06. The number of amides is 1. The normalized spacial score (nSPS) is 9.84. The number of nitrogens with two attached hydrogens (primary N) is 1. The van der Waals surface area contributed by atoms with Crippen molar-refractivity contribution in [2.75, 3.05) is 0 Å². The molecule has 19 heavy (non-hydrogen) atoms. The number of carbonyl (C=O) groups is 1. The largest absolute Gasteiger partial charge is 0.366 e. The van der Waals surface area contributed by atoms with Gasteiger partial charge in [-0.05, 0) is 12.1 Å². The Labute approximate surface area is 106 Å². The van der Waals surface area contributed by atoms with Gasteiger partial charge in [0.1, 0.15) is 11.6 Å². The second-order valence-corrected chi connectivity index (χ2v) is 3.61. The summed E-state index contributed by atoms with van der Waals surface area (Å²) in [7, 11) is 0. The highest BCUT2D eigenvalue weighted by atomic mass is 16.6. The van der Waals surface area contributed by atoms with Crippen LogP contribution in [0.25, 0.3) is 5.69 Å². The van der Waals surface area contributed by atoms with Gasteiger partial charge >= 0.3 is 0 Å². The summed E-state index contributed by atoms with van der Waals surface area (Å²) in [6, 6.07) is 5.75. The third-order valence-electron chi connectivity index (χ3n) is 2.43. The van der Waals surface area contributed by atoms with Gasteiger partial charge in [-0.15, -0.1) is 0 Å². The molecule has 1 aromatic heterocycles. The molecule has 0 atom stereocenters. The molecule has 0 radical (unpaired) electrons. The van der Waals surface area contributed by atoms with E-state index in [2.05, 4.69) is 5.10 Å². The number of hydrogen-bond donors (Lipinski definition) is 1. The Morgan fingerprint density at radius 2 is 2.26 bits per heavy atom. The van der Waals surface area contributed by atoms with Gasteiger partial charge in [0.25, 0.3) is 11.6 Å². The molecule has 8 heteroatoms. The molecule has 0 saturated heterocycles. The van der Waals surface area contributed by atoms with Crippen molar-refractivity contribution >= 4 is 11.6 Å². The summed E-state index contributed by atoms with van der Waals surface area (Å²) in [4.78, 5) is 21.1. The van der Waals surface area contributed by atoms with Gasteiger partial charge in [-0.3, -0.25) is 14.9 Å². The summed E-state index contributed by atoms with van der Waals surface area (Å²) < 4.78 is 1.27. The number of nitro groups is 1. The number of carbonyl (C=O) groups excluding carboxylic acids is 1. The van der Waals surface area contributed by atoms with E-state index in [9.17, 15) is 14.9 Å². The third kappa shape index (κ3) is 2.25. The van der Waals surface area contributed by atoms with Crippen LogP contribution in [0.2, 0.25) is 0 Å². The minimum absolute atomic E-state index is 0.0453. The van der Waals surface area contributed by atoms with Crippen molar-refractivity contribution < 1.29 is 9.72 Å². The molecule has 8 nitrogen and oxygen atoms in total. The van der Waals surface area contributed by atoms with E-state index >= 15 is 0 Å². The van der Waals surface area contributed by atoms with Crippen molar-refractivity contribution in [3.05, 3.63) is 51.8 Å². The zero-order valence-corrected chi connectivity index (χ0v) is 9.48. The summed E-state index contributed by atoms with van der Waals surface area (Å²) >= 11 is 0. The molecule has 0 unspecified atom stereocenters. The quantitative estimate of drug-likeness (QED) is 0.640. The van der Waals surface area contributed by atoms with E-state index < -0.39 is 10.8 Å². The monoisotopic (exact) mass is 257 g/mol. The zero-order chi connectivity index (χ0) is 14.0. The Morgan fingerprint density at radius 1 is 1.53 bits per heavy atom. The smallest absolute Gasteiger partial charge is 0.289 e. The van der Waals surface area contributed by atoms with Crippen LogP contribution in [0.1, 0.15) is 15.9 Å². The van der Waals surface area contributed by atoms with E-state index in [1.54, 1.807) is 6.07 Å². The molecule has 0 fully saturated rings. The van der Waals surface area contributed by atoms with Gasteiger partial charge in [0, 0.05) is 12.3 Å². The maximum absolute atomic E-state index is 10.9. The predicted molar refractivity (Wildman–Crippen MR) is 63.5 cm³/mol. The Bertz CT molecular complexity index is 713. The van der Waals surface area contributed by atoms with E-state index in [1.807, 2.05) is 0 Å². The molecule has 1 amide bonds. The molecule has 0 saturated carbocycles. The molecule has 1 aromatic carbocycles. The fraction of sp³-hybridized carbons (Fsp3) is 0. The highest BCUT2D eigenvalue weighted by molar-refractivity contribution is 5.92. The van der Waals surface area contributed by atoms with E-state index in [-0.39, 0.29) is 16.8 Å². The Morgan fingerprint density at radius 3 is 2.79 bits per heavy atom. The summed E-state index contributed by atoms with van der Waals surface area (Å²) in [5.74, 6) is -0.644. The molecule has 0 spiro atoms. The van der Waals surface area contributed by atoms with Crippen molar-refractivity contribution in [2.24, 2.45) is 5.73 Å². The van der Waals surface area contributed by atoms with Gasteiger partial charge in [-0.25, -0.2) is 4.68 Å². The second kappa shape index (κ2) is 4.58. The Kier molecular flexibility index (Phi) is 2.95. The predicted octanol–water partition coefficient (Wildman–Crippen LogP) is 0.751. The average molecular weight is 257 g/mol.